The summed E-state index contributed by atoms with van der Waals surface area (Å²) in [5.41, 5.74) is 1.05. The number of rotatable bonds is 9. The van der Waals surface area contributed by atoms with Gasteiger partial charge in [0, 0.05) is 17.8 Å². The van der Waals surface area contributed by atoms with Crippen molar-refractivity contribution in [1.82, 2.24) is 9.97 Å². The molecular weight excluding hydrogens is 366 g/mol. The molecule has 1 amide bonds. The number of aryl methyl sites for hydroxylation is 1. The second-order valence-electron chi connectivity index (χ2n) is 5.96. The zero-order valence-corrected chi connectivity index (χ0v) is 16.8. The molecule has 146 valence electrons. The van der Waals surface area contributed by atoms with Gasteiger partial charge in [-0.3, -0.25) is 9.59 Å². The van der Waals surface area contributed by atoms with Crippen LogP contribution in [-0.4, -0.2) is 35.3 Å². The fourth-order valence-corrected chi connectivity index (χ4v) is 3.22. The molecule has 1 aromatic heterocycles. The second kappa shape index (κ2) is 10.0. The smallest absolute Gasteiger partial charge is 0.251 e. The molecule has 2 aromatic rings. The number of methoxy groups -OCH3 is 2. The minimum Gasteiger partial charge on any atom is -0.497 e. The Kier molecular flexibility index (Phi) is 7.72. The van der Waals surface area contributed by atoms with Crippen molar-refractivity contribution in [1.29, 1.82) is 0 Å². The lowest BCUT2D eigenvalue weighted by molar-refractivity contribution is -0.115. The molecule has 0 radical (unpaired) electrons. The highest BCUT2D eigenvalue weighted by Gasteiger charge is 2.18. The summed E-state index contributed by atoms with van der Waals surface area (Å²) >= 11 is 1.21. The number of aromatic nitrogens is 2. The molecular formula is C19H25N3O4S. The van der Waals surface area contributed by atoms with Crippen molar-refractivity contribution in [2.75, 3.05) is 19.5 Å². The van der Waals surface area contributed by atoms with Crippen LogP contribution >= 0.6 is 11.8 Å². The zero-order valence-electron chi connectivity index (χ0n) is 16.0. The van der Waals surface area contributed by atoms with Gasteiger partial charge < -0.3 is 19.8 Å². The molecule has 0 bridgehead atoms. The normalized spacial score (nSPS) is 11.7. The van der Waals surface area contributed by atoms with E-state index in [1.54, 1.807) is 32.2 Å². The van der Waals surface area contributed by atoms with Gasteiger partial charge in [-0.15, -0.1) is 0 Å². The first-order valence-electron chi connectivity index (χ1n) is 8.76. The number of carbonyl (C=O) groups excluding carboxylic acids is 1. The summed E-state index contributed by atoms with van der Waals surface area (Å²) in [5, 5.41) is 2.81. The number of unbranched alkanes of at least 4 members (excludes halogenated alkanes) is 1. The minimum atomic E-state index is -0.467. The number of H-pyrrole nitrogens is 1. The van der Waals surface area contributed by atoms with E-state index in [2.05, 4.69) is 22.2 Å². The highest BCUT2D eigenvalue weighted by molar-refractivity contribution is 8.00. The number of aromatic amines is 1. The summed E-state index contributed by atoms with van der Waals surface area (Å²) in [6.45, 7) is 3.84. The largest absolute Gasteiger partial charge is 0.497 e. The van der Waals surface area contributed by atoms with Crippen LogP contribution in [0.1, 0.15) is 32.4 Å². The van der Waals surface area contributed by atoms with Gasteiger partial charge in [0.1, 0.15) is 11.5 Å². The van der Waals surface area contributed by atoms with Gasteiger partial charge in [0.05, 0.1) is 25.2 Å². The lowest BCUT2D eigenvalue weighted by Gasteiger charge is -2.15. The van der Waals surface area contributed by atoms with E-state index < -0.39 is 5.25 Å². The topological polar surface area (TPSA) is 93.3 Å². The predicted octanol–water partition coefficient (Wildman–Crippen LogP) is 3.25. The van der Waals surface area contributed by atoms with Crippen LogP contribution in [0.25, 0.3) is 0 Å². The van der Waals surface area contributed by atoms with Gasteiger partial charge in [0.25, 0.3) is 5.56 Å². The van der Waals surface area contributed by atoms with Gasteiger partial charge >= 0.3 is 0 Å². The Hall–Kier alpha value is -2.48. The molecule has 0 saturated carbocycles. The molecule has 1 heterocycles. The van der Waals surface area contributed by atoms with Crippen molar-refractivity contribution in [3.05, 3.63) is 40.3 Å². The third-order valence-corrected chi connectivity index (χ3v) is 4.87. The van der Waals surface area contributed by atoms with Crippen LogP contribution in [0.4, 0.5) is 5.69 Å². The number of amides is 1. The van der Waals surface area contributed by atoms with Crippen LogP contribution in [0.2, 0.25) is 0 Å². The number of hydrogen-bond acceptors (Lipinski definition) is 6. The van der Waals surface area contributed by atoms with Crippen molar-refractivity contribution < 1.29 is 14.3 Å². The SMILES string of the molecule is CCCCc1cc(=O)[nH]c(SC(C)C(=O)Nc2cc(OC)ccc2OC)n1. The highest BCUT2D eigenvalue weighted by atomic mass is 32.2. The zero-order chi connectivity index (χ0) is 19.8. The predicted molar refractivity (Wildman–Crippen MR) is 107 cm³/mol. The van der Waals surface area contributed by atoms with Gasteiger partial charge in [-0.2, -0.15) is 0 Å². The van der Waals surface area contributed by atoms with Crippen LogP contribution in [0.5, 0.6) is 11.5 Å². The standard InChI is InChI=1S/C19H25N3O4S/c1-5-6-7-13-10-17(23)22-19(20-13)27-12(2)18(24)21-15-11-14(25-3)8-9-16(15)26-4/h8-12H,5-7H2,1-4H3,(H,21,24)(H,20,22,23). The maximum absolute atomic E-state index is 12.6. The third kappa shape index (κ3) is 6.02. The van der Waals surface area contributed by atoms with Gasteiger partial charge in [-0.1, -0.05) is 25.1 Å². The first kappa shape index (κ1) is 20.8. The Bertz CT molecular complexity index is 838. The van der Waals surface area contributed by atoms with E-state index in [9.17, 15) is 9.59 Å². The maximum Gasteiger partial charge on any atom is 0.251 e. The van der Waals surface area contributed by atoms with Gasteiger partial charge in [-0.25, -0.2) is 4.98 Å². The van der Waals surface area contributed by atoms with E-state index in [-0.39, 0.29) is 11.5 Å². The Morgan fingerprint density at radius 2 is 2.07 bits per heavy atom. The molecule has 2 N–H and O–H groups in total. The first-order valence-corrected chi connectivity index (χ1v) is 9.64. The number of carbonyl (C=O) groups is 1. The fraction of sp³-hybridized carbons (Fsp3) is 0.421. The van der Waals surface area contributed by atoms with Crippen LogP contribution in [0.3, 0.4) is 0 Å². The summed E-state index contributed by atoms with van der Waals surface area (Å²) in [6.07, 6.45) is 2.74. The van der Waals surface area contributed by atoms with E-state index in [0.717, 1.165) is 25.0 Å². The molecule has 7 nitrogen and oxygen atoms in total. The monoisotopic (exact) mass is 391 g/mol. The number of nitrogens with zero attached hydrogens (tertiary/aromatic N) is 1. The van der Waals surface area contributed by atoms with Crippen molar-refractivity contribution in [2.45, 2.75) is 43.5 Å². The molecule has 1 aromatic carbocycles. The van der Waals surface area contributed by atoms with Crippen molar-refractivity contribution >= 4 is 23.4 Å². The maximum atomic E-state index is 12.6. The van der Waals surface area contributed by atoms with E-state index >= 15 is 0 Å². The van der Waals surface area contributed by atoms with Gasteiger partial charge in [0.15, 0.2) is 5.16 Å². The second-order valence-corrected chi connectivity index (χ2v) is 7.29. The van der Waals surface area contributed by atoms with Crippen LogP contribution in [0, 0.1) is 0 Å². The molecule has 0 aliphatic carbocycles. The lowest BCUT2D eigenvalue weighted by atomic mass is 10.2. The fourth-order valence-electron chi connectivity index (χ4n) is 2.39. The van der Waals surface area contributed by atoms with E-state index in [1.807, 2.05) is 0 Å². The summed E-state index contributed by atoms with van der Waals surface area (Å²) in [5.74, 6) is 0.920. The van der Waals surface area contributed by atoms with Gasteiger partial charge in [-0.05, 0) is 31.9 Å². The Morgan fingerprint density at radius 1 is 1.30 bits per heavy atom. The van der Waals surface area contributed by atoms with E-state index in [0.29, 0.717) is 22.3 Å². The van der Waals surface area contributed by atoms with Crippen LogP contribution in [-0.2, 0) is 11.2 Å². The summed E-state index contributed by atoms with van der Waals surface area (Å²) in [7, 11) is 3.09. The van der Waals surface area contributed by atoms with E-state index in [1.165, 1.54) is 24.9 Å². The van der Waals surface area contributed by atoms with Crippen molar-refractivity contribution in [3.63, 3.8) is 0 Å². The molecule has 2 rings (SSSR count). The molecule has 0 aliphatic rings. The average molecular weight is 391 g/mol. The van der Waals surface area contributed by atoms with E-state index in [4.69, 9.17) is 9.47 Å². The molecule has 0 aliphatic heterocycles. The van der Waals surface area contributed by atoms with Crippen LogP contribution in [0.15, 0.2) is 34.2 Å². The lowest BCUT2D eigenvalue weighted by Crippen LogP contribution is -2.23. The summed E-state index contributed by atoms with van der Waals surface area (Å²) in [6, 6.07) is 6.68. The molecule has 27 heavy (non-hydrogen) atoms. The number of hydrogen-bond donors (Lipinski definition) is 2. The van der Waals surface area contributed by atoms with Crippen molar-refractivity contribution in [3.8, 4) is 11.5 Å². The Morgan fingerprint density at radius 3 is 2.74 bits per heavy atom. The number of thioether (sulfide) groups is 1. The quantitative estimate of drug-likeness (QED) is 0.503. The number of ether oxygens (including phenoxy) is 2. The molecule has 1 unspecified atom stereocenters. The van der Waals surface area contributed by atoms with Crippen molar-refractivity contribution in [2.24, 2.45) is 0 Å². The molecule has 1 atom stereocenters. The third-order valence-electron chi connectivity index (χ3n) is 3.88. The number of nitrogens with one attached hydrogen (secondary N) is 2. The van der Waals surface area contributed by atoms with Gasteiger partial charge in [0.2, 0.25) is 5.91 Å². The Balaban J connectivity index is 2.10. The molecule has 0 fully saturated rings. The minimum absolute atomic E-state index is 0.208. The molecule has 0 spiro atoms. The number of anilines is 1. The summed E-state index contributed by atoms with van der Waals surface area (Å²) in [4.78, 5) is 31.5. The summed E-state index contributed by atoms with van der Waals surface area (Å²) < 4.78 is 10.5. The number of benzene rings is 1. The average Bonchev–Trinajstić information content (AvgIpc) is 2.65. The Labute approximate surface area is 162 Å². The van der Waals surface area contributed by atoms with Crippen LogP contribution < -0.4 is 20.3 Å². The first-order chi connectivity index (χ1) is 13.0. The highest BCUT2D eigenvalue weighted by Crippen LogP contribution is 2.30. The molecule has 0 saturated heterocycles. The molecule has 8 heteroatoms.